The van der Waals surface area contributed by atoms with Crippen LogP contribution in [-0.4, -0.2) is 27.5 Å². The number of halogens is 1. The van der Waals surface area contributed by atoms with Gasteiger partial charge in [-0.15, -0.1) is 0 Å². The third-order valence-electron chi connectivity index (χ3n) is 2.59. The first-order valence-corrected chi connectivity index (χ1v) is 7.03. The van der Waals surface area contributed by atoms with Gasteiger partial charge in [0.25, 0.3) is 0 Å². The minimum Gasteiger partial charge on any atom is -0.369 e. The Labute approximate surface area is 105 Å². The first kappa shape index (κ1) is 12.0. The highest BCUT2D eigenvalue weighted by Crippen LogP contribution is 2.25. The summed E-state index contributed by atoms with van der Waals surface area (Å²) in [5.74, 6) is 2.84. The Morgan fingerprint density at radius 2 is 2.38 bits per heavy atom. The lowest BCUT2D eigenvalue weighted by Gasteiger charge is -2.21. The van der Waals surface area contributed by atoms with E-state index in [1.165, 1.54) is 25.0 Å². The van der Waals surface area contributed by atoms with Gasteiger partial charge in [0.1, 0.15) is 16.8 Å². The lowest BCUT2D eigenvalue weighted by Crippen LogP contribution is -2.20. The topological polar surface area (TPSA) is 37.8 Å². The van der Waals surface area contributed by atoms with E-state index < -0.39 is 0 Å². The molecule has 3 nitrogen and oxygen atoms in total. The van der Waals surface area contributed by atoms with Gasteiger partial charge in [-0.25, -0.2) is 9.97 Å². The standard InChI is InChI=1S/C11H16ClN3S/c1-8-14-10(12)6-11(15-8)13-7-9-4-2-3-5-16-9/h6,9H,2-5,7H2,1H3,(H,13,14,15). The second-order valence-electron chi connectivity index (χ2n) is 3.99. The maximum absolute atomic E-state index is 5.88. The molecule has 0 bridgehead atoms. The molecule has 0 radical (unpaired) electrons. The smallest absolute Gasteiger partial charge is 0.134 e. The summed E-state index contributed by atoms with van der Waals surface area (Å²) in [4.78, 5) is 8.34. The predicted octanol–water partition coefficient (Wildman–Crippen LogP) is 3.14. The van der Waals surface area contributed by atoms with Crippen LogP contribution in [0.4, 0.5) is 5.82 Å². The third-order valence-corrected chi connectivity index (χ3v) is 4.18. The van der Waals surface area contributed by atoms with E-state index in [9.17, 15) is 0 Å². The van der Waals surface area contributed by atoms with Crippen LogP contribution in [0.25, 0.3) is 0 Å². The number of hydrogen-bond acceptors (Lipinski definition) is 4. The first-order chi connectivity index (χ1) is 7.74. The Bertz CT molecular complexity index is 333. The molecule has 1 aliphatic rings. The van der Waals surface area contributed by atoms with Gasteiger partial charge in [0, 0.05) is 17.9 Å². The summed E-state index contributed by atoms with van der Waals surface area (Å²) in [6, 6.07) is 1.78. The lowest BCUT2D eigenvalue weighted by atomic mass is 10.2. The summed E-state index contributed by atoms with van der Waals surface area (Å²) >= 11 is 7.93. The van der Waals surface area contributed by atoms with Crippen molar-refractivity contribution in [3.8, 4) is 0 Å². The maximum atomic E-state index is 5.88. The molecule has 1 saturated heterocycles. The van der Waals surface area contributed by atoms with Crippen LogP contribution in [0, 0.1) is 6.92 Å². The molecular weight excluding hydrogens is 242 g/mol. The van der Waals surface area contributed by atoms with Gasteiger partial charge in [-0.1, -0.05) is 18.0 Å². The molecule has 0 saturated carbocycles. The van der Waals surface area contributed by atoms with Crippen molar-refractivity contribution < 1.29 is 0 Å². The maximum Gasteiger partial charge on any atom is 0.134 e. The highest BCUT2D eigenvalue weighted by atomic mass is 35.5. The fraction of sp³-hybridized carbons (Fsp3) is 0.636. The molecule has 0 spiro atoms. The second kappa shape index (κ2) is 5.73. The summed E-state index contributed by atoms with van der Waals surface area (Å²) in [6.45, 7) is 2.82. The van der Waals surface area contributed by atoms with Crippen molar-refractivity contribution in [2.75, 3.05) is 17.6 Å². The molecule has 1 fully saturated rings. The summed E-state index contributed by atoms with van der Waals surface area (Å²) in [6.07, 6.45) is 4.01. The van der Waals surface area contributed by atoms with Crippen molar-refractivity contribution >= 4 is 29.2 Å². The van der Waals surface area contributed by atoms with Crippen LogP contribution < -0.4 is 5.32 Å². The quantitative estimate of drug-likeness (QED) is 0.845. The molecule has 1 N–H and O–H groups in total. The molecular formula is C11H16ClN3S. The Balaban J connectivity index is 1.88. The summed E-state index contributed by atoms with van der Waals surface area (Å²) in [5.41, 5.74) is 0. The van der Waals surface area contributed by atoms with Crippen molar-refractivity contribution in [1.82, 2.24) is 9.97 Å². The molecule has 88 valence electrons. The van der Waals surface area contributed by atoms with Gasteiger partial charge in [-0.3, -0.25) is 0 Å². The van der Waals surface area contributed by atoms with Gasteiger partial charge in [0.15, 0.2) is 0 Å². The molecule has 0 amide bonds. The van der Waals surface area contributed by atoms with Crippen LogP contribution in [0.3, 0.4) is 0 Å². The predicted molar refractivity (Wildman–Crippen MR) is 70.4 cm³/mol. The molecule has 2 heterocycles. The van der Waals surface area contributed by atoms with Crippen LogP contribution in [0.15, 0.2) is 6.07 Å². The monoisotopic (exact) mass is 257 g/mol. The number of nitrogens with zero attached hydrogens (tertiary/aromatic N) is 2. The zero-order valence-corrected chi connectivity index (χ0v) is 10.9. The largest absolute Gasteiger partial charge is 0.369 e. The zero-order valence-electron chi connectivity index (χ0n) is 9.37. The van der Waals surface area contributed by atoms with Crippen molar-refractivity contribution in [1.29, 1.82) is 0 Å². The van der Waals surface area contributed by atoms with Gasteiger partial charge >= 0.3 is 0 Å². The van der Waals surface area contributed by atoms with Gasteiger partial charge in [0.05, 0.1) is 0 Å². The van der Waals surface area contributed by atoms with Crippen LogP contribution in [0.1, 0.15) is 25.1 Å². The number of rotatable bonds is 3. The average molecular weight is 258 g/mol. The van der Waals surface area contributed by atoms with Gasteiger partial charge in [-0.05, 0) is 25.5 Å². The molecule has 16 heavy (non-hydrogen) atoms. The summed E-state index contributed by atoms with van der Waals surface area (Å²) in [5, 5.41) is 4.56. The number of aromatic nitrogens is 2. The van der Waals surface area contributed by atoms with Gasteiger partial charge in [-0.2, -0.15) is 11.8 Å². The van der Waals surface area contributed by atoms with E-state index in [4.69, 9.17) is 11.6 Å². The van der Waals surface area contributed by atoms with E-state index in [1.807, 2.05) is 6.92 Å². The fourth-order valence-electron chi connectivity index (χ4n) is 1.81. The van der Waals surface area contributed by atoms with E-state index in [2.05, 4.69) is 27.0 Å². The SMILES string of the molecule is Cc1nc(Cl)cc(NCC2CCCCS2)n1. The van der Waals surface area contributed by atoms with E-state index >= 15 is 0 Å². The van der Waals surface area contributed by atoms with Crippen LogP contribution in [-0.2, 0) is 0 Å². The fourth-order valence-corrected chi connectivity index (χ4v) is 3.27. The molecule has 0 aromatic carbocycles. The average Bonchev–Trinajstić information content (AvgIpc) is 2.27. The molecule has 1 aliphatic heterocycles. The molecule has 1 aromatic heterocycles. The highest BCUT2D eigenvalue weighted by molar-refractivity contribution is 7.99. The van der Waals surface area contributed by atoms with Crippen LogP contribution in [0.5, 0.6) is 0 Å². The van der Waals surface area contributed by atoms with Crippen molar-refractivity contribution in [3.63, 3.8) is 0 Å². The summed E-state index contributed by atoms with van der Waals surface area (Å²) in [7, 11) is 0. The third kappa shape index (κ3) is 3.52. The Morgan fingerprint density at radius 3 is 3.06 bits per heavy atom. The summed E-state index contributed by atoms with van der Waals surface area (Å²) < 4.78 is 0. The molecule has 2 rings (SSSR count). The van der Waals surface area contributed by atoms with E-state index in [-0.39, 0.29) is 0 Å². The molecule has 5 heteroatoms. The molecule has 0 aliphatic carbocycles. The number of aryl methyl sites for hydroxylation is 1. The molecule has 1 atom stereocenters. The Kier molecular flexibility index (Phi) is 4.29. The molecule has 1 aromatic rings. The minimum absolute atomic E-state index is 0.506. The Morgan fingerprint density at radius 1 is 1.50 bits per heavy atom. The zero-order chi connectivity index (χ0) is 11.4. The van der Waals surface area contributed by atoms with Gasteiger partial charge < -0.3 is 5.32 Å². The number of nitrogens with one attached hydrogen (secondary N) is 1. The van der Waals surface area contributed by atoms with Crippen molar-refractivity contribution in [2.45, 2.75) is 31.4 Å². The minimum atomic E-state index is 0.506. The van der Waals surface area contributed by atoms with Crippen molar-refractivity contribution in [3.05, 3.63) is 17.0 Å². The van der Waals surface area contributed by atoms with Crippen LogP contribution >= 0.6 is 23.4 Å². The second-order valence-corrected chi connectivity index (χ2v) is 5.79. The van der Waals surface area contributed by atoms with E-state index in [1.54, 1.807) is 6.07 Å². The van der Waals surface area contributed by atoms with E-state index in [0.29, 0.717) is 16.2 Å². The van der Waals surface area contributed by atoms with E-state index in [0.717, 1.165) is 12.4 Å². The number of anilines is 1. The number of thioether (sulfide) groups is 1. The van der Waals surface area contributed by atoms with Gasteiger partial charge in [0.2, 0.25) is 0 Å². The van der Waals surface area contributed by atoms with Crippen LogP contribution in [0.2, 0.25) is 5.15 Å². The normalized spacial score (nSPS) is 20.8. The van der Waals surface area contributed by atoms with Crippen molar-refractivity contribution in [2.24, 2.45) is 0 Å². The Hall–Kier alpha value is -0.480. The number of hydrogen-bond donors (Lipinski definition) is 1. The highest BCUT2D eigenvalue weighted by Gasteiger charge is 2.13. The molecule has 1 unspecified atom stereocenters. The first-order valence-electron chi connectivity index (χ1n) is 5.61. The lowest BCUT2D eigenvalue weighted by molar-refractivity contribution is 0.677.